The van der Waals surface area contributed by atoms with Crippen molar-refractivity contribution < 1.29 is 88.6 Å². The van der Waals surface area contributed by atoms with Crippen LogP contribution in [0.3, 0.4) is 0 Å². The summed E-state index contributed by atoms with van der Waals surface area (Å²) in [4.78, 5) is 32.8. The molecular weight excluding hydrogens is 1030 g/mol. The second-order valence-electron chi connectivity index (χ2n) is 15.3. The Morgan fingerprint density at radius 2 is 0.843 bits per heavy atom. The molecule has 2 aromatic carbocycles. The maximum Gasteiger partial charge on any atom is 0.433 e. The van der Waals surface area contributed by atoms with Crippen LogP contribution in [0.15, 0.2) is 82.8 Å². The van der Waals surface area contributed by atoms with Gasteiger partial charge in [-0.2, -0.15) is 79.0 Å². The monoisotopic (exact) mass is 1070 g/mol. The van der Waals surface area contributed by atoms with Gasteiger partial charge in [-0.1, -0.05) is 48.5 Å². The number of rotatable bonds is 7. The van der Waals surface area contributed by atoms with Crippen molar-refractivity contribution in [1.82, 2.24) is 15.3 Å². The van der Waals surface area contributed by atoms with E-state index in [4.69, 9.17) is 5.73 Å². The highest BCUT2D eigenvalue weighted by Gasteiger charge is 2.61. The van der Waals surface area contributed by atoms with E-state index in [9.17, 15) is 88.6 Å². The Bertz CT molecular complexity index is 2490. The third-order valence-corrected chi connectivity index (χ3v) is 10.4. The van der Waals surface area contributed by atoms with Gasteiger partial charge in [0.05, 0.1) is 13.1 Å². The highest BCUT2D eigenvalue weighted by atomic mass is 35.5. The third-order valence-electron chi connectivity index (χ3n) is 10.4. The number of pyridine rings is 2. The number of carbonyl (C=O) groups is 2. The minimum absolute atomic E-state index is 0. The van der Waals surface area contributed by atoms with Crippen LogP contribution in [0.25, 0.3) is 0 Å². The maximum atomic E-state index is 14.2. The van der Waals surface area contributed by atoms with Crippen LogP contribution in [0.2, 0.25) is 0 Å². The first-order valence-electron chi connectivity index (χ1n) is 19.3. The van der Waals surface area contributed by atoms with Crippen molar-refractivity contribution in [2.24, 2.45) is 15.7 Å². The summed E-state index contributed by atoms with van der Waals surface area (Å²) in [5.74, 6) is -0.298. The van der Waals surface area contributed by atoms with Gasteiger partial charge in [-0.25, -0.2) is 9.97 Å². The van der Waals surface area contributed by atoms with E-state index in [1.807, 2.05) is 0 Å². The molecule has 0 radical (unpaired) electrons. The van der Waals surface area contributed by atoms with Crippen LogP contribution in [0.1, 0.15) is 82.8 Å². The summed E-state index contributed by atoms with van der Waals surface area (Å²) in [6, 6.07) is 11.9. The Labute approximate surface area is 395 Å². The van der Waals surface area contributed by atoms with E-state index in [1.54, 1.807) is 12.1 Å². The lowest BCUT2D eigenvalue weighted by Crippen LogP contribution is -2.44. The van der Waals surface area contributed by atoms with E-state index in [-0.39, 0.29) is 83.5 Å². The number of amides is 1. The summed E-state index contributed by atoms with van der Waals surface area (Å²) in [5, 5.41) is 2.17. The molecule has 70 heavy (non-hydrogen) atoms. The number of benzene rings is 2. The molecule has 2 aliphatic heterocycles. The van der Waals surface area contributed by atoms with Gasteiger partial charge in [-0.3, -0.25) is 19.6 Å². The number of alkyl halides is 18. The molecule has 6 rings (SSSR count). The summed E-state index contributed by atoms with van der Waals surface area (Å²) >= 11 is 4.64. The lowest BCUT2D eigenvalue weighted by molar-refractivity contribution is -0.185. The fourth-order valence-electron chi connectivity index (χ4n) is 6.81. The fraction of sp³-hybridized carbons (Fsp3) is 0.381. The number of aromatic nitrogens is 2. The van der Waals surface area contributed by atoms with Crippen molar-refractivity contribution in [2.75, 3.05) is 13.1 Å². The second-order valence-corrected chi connectivity index (χ2v) is 15.8. The lowest BCUT2D eigenvalue weighted by Gasteiger charge is -2.32. The van der Waals surface area contributed by atoms with Gasteiger partial charge in [0, 0.05) is 51.2 Å². The number of nitrogens with zero attached hydrogens (tertiary/aromatic N) is 4. The minimum atomic E-state index is -5.39. The summed E-state index contributed by atoms with van der Waals surface area (Å²) in [6.07, 6.45) is -33.8. The van der Waals surface area contributed by atoms with Gasteiger partial charge in [0.1, 0.15) is 33.6 Å². The second kappa shape index (κ2) is 21.5. The Morgan fingerprint density at radius 1 is 0.557 bits per heavy atom. The lowest BCUT2D eigenvalue weighted by atomic mass is 9.76. The van der Waals surface area contributed by atoms with Crippen LogP contribution in [-0.2, 0) is 58.2 Å². The SMILES string of the molecule is CC(=O)Cl.CC(=O)NCc1ccc(C2=NCC(c3cc(C(F)(F)F)nc(C(F)(F)F)c3)(C(F)(F)F)C2)cc1.Cl.NCc1ccc(C2=NCC(c3cc(C(F)(F)F)nc(C(F)(F)F)c3)(C(F)(F)F)C2)cc1. The van der Waals surface area contributed by atoms with Gasteiger partial charge >= 0.3 is 37.1 Å². The molecule has 2 unspecified atom stereocenters. The molecule has 3 N–H and O–H groups in total. The summed E-state index contributed by atoms with van der Waals surface area (Å²) in [6.45, 7) is 0.789. The Hall–Kier alpha value is -5.50. The molecular formula is C42H34Cl2F18N6O2. The zero-order valence-corrected chi connectivity index (χ0v) is 37.0. The van der Waals surface area contributed by atoms with E-state index in [0.29, 0.717) is 11.1 Å². The highest BCUT2D eigenvalue weighted by Crippen LogP contribution is 2.51. The van der Waals surface area contributed by atoms with Gasteiger partial charge in [0.2, 0.25) is 11.1 Å². The summed E-state index contributed by atoms with van der Waals surface area (Å²) < 4.78 is 243. The predicted molar refractivity (Wildman–Crippen MR) is 218 cm³/mol. The van der Waals surface area contributed by atoms with E-state index in [0.717, 1.165) is 0 Å². The van der Waals surface area contributed by atoms with Crippen LogP contribution >= 0.6 is 24.0 Å². The normalized spacial score (nSPS) is 18.6. The molecule has 2 atom stereocenters. The predicted octanol–water partition coefficient (Wildman–Crippen LogP) is 11.9. The van der Waals surface area contributed by atoms with Crippen molar-refractivity contribution in [3.05, 3.63) is 129 Å². The number of nitrogens with two attached hydrogens (primary N) is 1. The number of nitrogens with one attached hydrogen (secondary N) is 1. The first kappa shape index (κ1) is 58.8. The first-order valence-corrected chi connectivity index (χ1v) is 19.6. The van der Waals surface area contributed by atoms with Gasteiger partial charge in [-0.15, -0.1) is 12.4 Å². The summed E-state index contributed by atoms with van der Waals surface area (Å²) in [7, 11) is 0. The Balaban J connectivity index is 0.000000340. The quantitative estimate of drug-likeness (QED) is 0.141. The van der Waals surface area contributed by atoms with Crippen LogP contribution in [0.4, 0.5) is 79.0 Å². The smallest absolute Gasteiger partial charge is 0.352 e. The highest BCUT2D eigenvalue weighted by molar-refractivity contribution is 6.62. The van der Waals surface area contributed by atoms with Crippen molar-refractivity contribution in [2.45, 2.75) is 87.7 Å². The van der Waals surface area contributed by atoms with E-state index in [2.05, 4.69) is 36.9 Å². The van der Waals surface area contributed by atoms with Crippen molar-refractivity contribution >= 4 is 46.6 Å². The van der Waals surface area contributed by atoms with Gasteiger partial charge in [0.25, 0.3) is 0 Å². The van der Waals surface area contributed by atoms with Gasteiger partial charge in [0.15, 0.2) is 0 Å². The molecule has 2 aliphatic rings. The zero-order chi connectivity index (χ0) is 52.3. The zero-order valence-electron chi connectivity index (χ0n) is 35.4. The van der Waals surface area contributed by atoms with E-state index >= 15 is 0 Å². The Kier molecular flexibility index (Phi) is 18.0. The molecule has 0 saturated carbocycles. The Morgan fingerprint density at radius 3 is 1.09 bits per heavy atom. The average molecular weight is 1070 g/mol. The molecule has 0 bridgehead atoms. The molecule has 2 aromatic heterocycles. The number of hydrogen-bond acceptors (Lipinski definition) is 7. The topological polar surface area (TPSA) is 123 Å². The van der Waals surface area contributed by atoms with Gasteiger partial charge < -0.3 is 11.1 Å². The molecule has 384 valence electrons. The molecule has 0 spiro atoms. The third kappa shape index (κ3) is 14.1. The molecule has 0 saturated heterocycles. The maximum absolute atomic E-state index is 14.2. The van der Waals surface area contributed by atoms with Crippen molar-refractivity contribution in [1.29, 1.82) is 0 Å². The molecule has 0 aliphatic carbocycles. The molecule has 4 heterocycles. The van der Waals surface area contributed by atoms with Crippen LogP contribution < -0.4 is 11.1 Å². The molecule has 4 aromatic rings. The molecule has 8 nitrogen and oxygen atoms in total. The molecule has 0 fully saturated rings. The number of hydrogen-bond donors (Lipinski definition) is 2. The largest absolute Gasteiger partial charge is 0.433 e. The summed E-state index contributed by atoms with van der Waals surface area (Å²) in [5.41, 5.74) is -9.76. The standard InChI is InChI=1S/C21H16F9N3O.C19H14F9N3.C2H3ClO.ClH/c1-11(34)31-9-12-2-4-13(5-3-12)15-8-18(10-32-15,21(28,29)30)14-6-16(19(22,23)24)33-17(7-14)20(25,26)27;20-17(21,22)14-5-12(6-15(31-14)18(23,24)25)16(19(26,27)28)7-13(30-9-16)11-3-1-10(8-29)2-4-11;1-2(3)4;/h2-7H,8-10H2,1H3,(H,31,34);1-6H,7-9,29H2;1H3;1H. The van der Waals surface area contributed by atoms with Crippen molar-refractivity contribution in [3.63, 3.8) is 0 Å². The van der Waals surface area contributed by atoms with Crippen LogP contribution in [0.5, 0.6) is 0 Å². The molecule has 1 amide bonds. The first-order chi connectivity index (χ1) is 31.4. The number of halogens is 20. The van der Waals surface area contributed by atoms with Crippen molar-refractivity contribution in [3.8, 4) is 0 Å². The molecule has 28 heteroatoms. The van der Waals surface area contributed by atoms with Crippen LogP contribution in [-0.4, -0.2) is 58.0 Å². The van der Waals surface area contributed by atoms with E-state index in [1.165, 1.54) is 50.2 Å². The van der Waals surface area contributed by atoms with Crippen LogP contribution in [0, 0.1) is 0 Å². The van der Waals surface area contributed by atoms with Gasteiger partial charge in [-0.05, 0) is 69.2 Å². The number of aliphatic imine (C=N–C) groups is 2. The number of carbonyl (C=O) groups excluding carboxylic acids is 2. The van der Waals surface area contributed by atoms with E-state index < -0.39 is 108 Å². The minimum Gasteiger partial charge on any atom is -0.352 e. The fourth-order valence-corrected chi connectivity index (χ4v) is 6.81. The average Bonchev–Trinajstić information content (AvgIpc) is 3.90.